The lowest BCUT2D eigenvalue weighted by Gasteiger charge is -2.12. The number of halogens is 2. The summed E-state index contributed by atoms with van der Waals surface area (Å²) in [5.41, 5.74) is 0. The van der Waals surface area contributed by atoms with Gasteiger partial charge in [0.15, 0.2) is 6.61 Å². The third-order valence-corrected chi connectivity index (χ3v) is 2.48. The van der Waals surface area contributed by atoms with Gasteiger partial charge in [0.2, 0.25) is 0 Å². The molecule has 0 saturated heterocycles. The predicted molar refractivity (Wildman–Crippen MR) is 66.6 cm³/mol. The van der Waals surface area contributed by atoms with E-state index in [0.717, 1.165) is 0 Å². The molecule has 1 atom stereocenters. The minimum absolute atomic E-state index is 0.121. The number of ether oxygens (including phenoxy) is 1. The van der Waals surface area contributed by atoms with Crippen LogP contribution in [-0.4, -0.2) is 30.3 Å². The molecule has 0 aromatic heterocycles. The largest absolute Gasteiger partial charge is 0.482 e. The number of carbonyl (C=O) groups excluding carboxylic acids is 1. The van der Waals surface area contributed by atoms with Gasteiger partial charge in [-0.15, -0.1) is 0 Å². The number of aliphatic hydroxyl groups excluding tert-OH is 1. The van der Waals surface area contributed by atoms with Crippen LogP contribution in [0.15, 0.2) is 18.2 Å². The molecule has 6 heteroatoms. The first kappa shape index (κ1) is 14.1. The van der Waals surface area contributed by atoms with Crippen molar-refractivity contribution in [1.29, 1.82) is 0 Å². The standard InChI is InChI=1S/C11H13Cl2NO3/c1-7(5-15)14-11(16)6-17-10-4-8(12)2-3-9(10)13/h2-4,7,15H,5-6H2,1H3,(H,14,16)/t7-/m1/s1. The molecule has 94 valence electrons. The van der Waals surface area contributed by atoms with Crippen molar-refractivity contribution in [2.45, 2.75) is 13.0 Å². The zero-order chi connectivity index (χ0) is 12.8. The summed E-state index contributed by atoms with van der Waals surface area (Å²) < 4.78 is 5.21. The topological polar surface area (TPSA) is 58.6 Å². The second kappa shape index (κ2) is 6.69. The van der Waals surface area contributed by atoms with Crippen LogP contribution in [-0.2, 0) is 4.79 Å². The van der Waals surface area contributed by atoms with E-state index < -0.39 is 0 Å². The van der Waals surface area contributed by atoms with Gasteiger partial charge in [-0.3, -0.25) is 4.79 Å². The fraction of sp³-hybridized carbons (Fsp3) is 0.364. The van der Waals surface area contributed by atoms with Crippen LogP contribution in [0.3, 0.4) is 0 Å². The van der Waals surface area contributed by atoms with Crippen LogP contribution in [0.2, 0.25) is 10.0 Å². The number of aliphatic hydroxyl groups is 1. The van der Waals surface area contributed by atoms with E-state index in [9.17, 15) is 4.79 Å². The number of nitrogens with one attached hydrogen (secondary N) is 1. The van der Waals surface area contributed by atoms with Crippen LogP contribution in [0.4, 0.5) is 0 Å². The van der Waals surface area contributed by atoms with Gasteiger partial charge in [0.05, 0.1) is 11.6 Å². The van der Waals surface area contributed by atoms with Crippen molar-refractivity contribution in [3.63, 3.8) is 0 Å². The SMILES string of the molecule is C[C@H](CO)NC(=O)COc1cc(Cl)ccc1Cl. The van der Waals surface area contributed by atoms with Gasteiger partial charge in [0.1, 0.15) is 5.75 Å². The maximum atomic E-state index is 11.4. The Hall–Kier alpha value is -0.970. The van der Waals surface area contributed by atoms with E-state index in [0.29, 0.717) is 15.8 Å². The zero-order valence-electron chi connectivity index (χ0n) is 9.24. The van der Waals surface area contributed by atoms with E-state index in [-0.39, 0.29) is 25.2 Å². The smallest absolute Gasteiger partial charge is 0.258 e. The molecule has 0 aliphatic heterocycles. The van der Waals surface area contributed by atoms with Crippen molar-refractivity contribution in [1.82, 2.24) is 5.32 Å². The molecular formula is C11H13Cl2NO3. The molecule has 0 radical (unpaired) electrons. The van der Waals surface area contributed by atoms with Gasteiger partial charge in [0, 0.05) is 17.1 Å². The van der Waals surface area contributed by atoms with Gasteiger partial charge in [0.25, 0.3) is 5.91 Å². The molecule has 17 heavy (non-hydrogen) atoms. The van der Waals surface area contributed by atoms with E-state index in [1.165, 1.54) is 6.07 Å². The summed E-state index contributed by atoms with van der Waals surface area (Å²) >= 11 is 11.6. The summed E-state index contributed by atoms with van der Waals surface area (Å²) in [6.07, 6.45) is 0. The molecule has 0 saturated carbocycles. The normalized spacial score (nSPS) is 12.0. The third kappa shape index (κ3) is 4.81. The maximum absolute atomic E-state index is 11.4. The number of carbonyl (C=O) groups is 1. The lowest BCUT2D eigenvalue weighted by molar-refractivity contribution is -0.123. The Bertz CT molecular complexity index is 398. The Balaban J connectivity index is 2.50. The summed E-state index contributed by atoms with van der Waals surface area (Å²) in [6, 6.07) is 4.45. The van der Waals surface area contributed by atoms with E-state index >= 15 is 0 Å². The first-order valence-corrected chi connectivity index (χ1v) is 5.76. The molecule has 0 bridgehead atoms. The number of benzene rings is 1. The molecule has 2 N–H and O–H groups in total. The van der Waals surface area contributed by atoms with Crippen LogP contribution < -0.4 is 10.1 Å². The Morgan fingerprint density at radius 3 is 2.88 bits per heavy atom. The van der Waals surface area contributed by atoms with Gasteiger partial charge >= 0.3 is 0 Å². The quantitative estimate of drug-likeness (QED) is 0.864. The molecule has 4 nitrogen and oxygen atoms in total. The fourth-order valence-corrected chi connectivity index (χ4v) is 1.43. The van der Waals surface area contributed by atoms with Gasteiger partial charge in [-0.05, 0) is 19.1 Å². The summed E-state index contributed by atoms with van der Waals surface area (Å²) in [6.45, 7) is 1.39. The Kier molecular flexibility index (Phi) is 5.55. The molecule has 1 amide bonds. The van der Waals surface area contributed by atoms with Crippen molar-refractivity contribution in [3.05, 3.63) is 28.2 Å². The number of hydrogen-bond donors (Lipinski definition) is 2. The Morgan fingerprint density at radius 1 is 1.53 bits per heavy atom. The second-order valence-corrected chi connectivity index (χ2v) is 4.36. The second-order valence-electron chi connectivity index (χ2n) is 3.51. The number of hydrogen-bond acceptors (Lipinski definition) is 3. The predicted octanol–water partition coefficient (Wildman–Crippen LogP) is 1.87. The van der Waals surface area contributed by atoms with Crippen molar-refractivity contribution in [3.8, 4) is 5.75 Å². The first-order chi connectivity index (χ1) is 8.02. The van der Waals surface area contributed by atoms with Crippen molar-refractivity contribution in [2.75, 3.05) is 13.2 Å². The zero-order valence-corrected chi connectivity index (χ0v) is 10.8. The molecule has 0 unspecified atom stereocenters. The Morgan fingerprint density at radius 2 is 2.24 bits per heavy atom. The molecule has 1 aromatic rings. The first-order valence-electron chi connectivity index (χ1n) is 5.01. The summed E-state index contributed by atoms with van der Waals surface area (Å²) in [4.78, 5) is 11.4. The van der Waals surface area contributed by atoms with Gasteiger partial charge in [-0.2, -0.15) is 0 Å². The minimum atomic E-state index is -0.331. The van der Waals surface area contributed by atoms with Crippen LogP contribution in [0.5, 0.6) is 5.75 Å². The molecule has 1 aromatic carbocycles. The highest BCUT2D eigenvalue weighted by atomic mass is 35.5. The average molecular weight is 278 g/mol. The van der Waals surface area contributed by atoms with E-state index in [4.69, 9.17) is 33.0 Å². The summed E-state index contributed by atoms with van der Waals surface area (Å²) in [5, 5.41) is 12.2. The number of rotatable bonds is 5. The molecular weight excluding hydrogens is 265 g/mol. The fourth-order valence-electron chi connectivity index (χ4n) is 1.09. The molecule has 1 rings (SSSR count). The van der Waals surface area contributed by atoms with Gasteiger partial charge in [-0.1, -0.05) is 23.2 Å². The van der Waals surface area contributed by atoms with Gasteiger partial charge in [-0.25, -0.2) is 0 Å². The van der Waals surface area contributed by atoms with Gasteiger partial charge < -0.3 is 15.2 Å². The monoisotopic (exact) mass is 277 g/mol. The molecule has 0 heterocycles. The summed E-state index contributed by atoms with van der Waals surface area (Å²) in [7, 11) is 0. The van der Waals surface area contributed by atoms with Crippen LogP contribution in [0, 0.1) is 0 Å². The Labute approximate surface area is 109 Å². The molecule has 0 fully saturated rings. The van der Waals surface area contributed by atoms with Crippen molar-refractivity contribution >= 4 is 29.1 Å². The molecule has 0 spiro atoms. The minimum Gasteiger partial charge on any atom is -0.482 e. The van der Waals surface area contributed by atoms with E-state index in [1.54, 1.807) is 19.1 Å². The van der Waals surface area contributed by atoms with E-state index in [1.807, 2.05) is 0 Å². The van der Waals surface area contributed by atoms with Crippen LogP contribution >= 0.6 is 23.2 Å². The maximum Gasteiger partial charge on any atom is 0.258 e. The average Bonchev–Trinajstić information content (AvgIpc) is 2.30. The number of amides is 1. The highest BCUT2D eigenvalue weighted by molar-refractivity contribution is 6.34. The van der Waals surface area contributed by atoms with Crippen molar-refractivity contribution < 1.29 is 14.6 Å². The van der Waals surface area contributed by atoms with E-state index in [2.05, 4.69) is 5.32 Å². The lowest BCUT2D eigenvalue weighted by atomic mass is 10.3. The highest BCUT2D eigenvalue weighted by Gasteiger charge is 2.08. The van der Waals surface area contributed by atoms with Crippen LogP contribution in [0.1, 0.15) is 6.92 Å². The summed E-state index contributed by atoms with van der Waals surface area (Å²) in [5.74, 6) is 0.0218. The molecule has 0 aliphatic rings. The lowest BCUT2D eigenvalue weighted by Crippen LogP contribution is -2.38. The van der Waals surface area contributed by atoms with Crippen LogP contribution in [0.25, 0.3) is 0 Å². The van der Waals surface area contributed by atoms with Crippen molar-refractivity contribution in [2.24, 2.45) is 0 Å². The third-order valence-electron chi connectivity index (χ3n) is 1.93. The highest BCUT2D eigenvalue weighted by Crippen LogP contribution is 2.27. The molecule has 0 aliphatic carbocycles.